The van der Waals surface area contributed by atoms with Crippen LogP contribution in [0.15, 0.2) is 18.2 Å². The molecule has 1 unspecified atom stereocenters. The second kappa shape index (κ2) is 7.06. The Morgan fingerprint density at radius 1 is 1.58 bits per heavy atom. The highest BCUT2D eigenvalue weighted by Gasteiger charge is 2.15. The smallest absolute Gasteiger partial charge is 0.270 e. The van der Waals surface area contributed by atoms with Crippen LogP contribution in [-0.2, 0) is 0 Å². The number of nitrogens with one attached hydrogen (secondary N) is 1. The number of carbonyl (C=O) groups is 1. The second-order valence-corrected chi connectivity index (χ2v) is 4.48. The molecule has 0 fully saturated rings. The first-order valence-electron chi connectivity index (χ1n) is 5.86. The van der Waals surface area contributed by atoms with Gasteiger partial charge in [0.05, 0.1) is 21.6 Å². The minimum atomic E-state index is -0.606. The SMILES string of the molecule is CCCC(O)CNC(=O)c1ccc([N+](=O)[O-])cc1Cl. The van der Waals surface area contributed by atoms with Crippen molar-refractivity contribution in [1.82, 2.24) is 5.32 Å². The normalized spacial score (nSPS) is 11.9. The van der Waals surface area contributed by atoms with Gasteiger partial charge in [-0.15, -0.1) is 0 Å². The Hall–Kier alpha value is -1.66. The number of hydrogen-bond donors (Lipinski definition) is 2. The van der Waals surface area contributed by atoms with Gasteiger partial charge in [0.2, 0.25) is 0 Å². The minimum Gasteiger partial charge on any atom is -0.391 e. The van der Waals surface area contributed by atoms with E-state index in [4.69, 9.17) is 11.6 Å². The van der Waals surface area contributed by atoms with Crippen molar-refractivity contribution in [1.29, 1.82) is 0 Å². The van der Waals surface area contributed by atoms with Crippen LogP contribution in [0.1, 0.15) is 30.1 Å². The zero-order chi connectivity index (χ0) is 14.4. The van der Waals surface area contributed by atoms with Crippen LogP contribution in [0.3, 0.4) is 0 Å². The van der Waals surface area contributed by atoms with Gasteiger partial charge in [-0.05, 0) is 12.5 Å². The van der Waals surface area contributed by atoms with E-state index in [0.717, 1.165) is 12.5 Å². The molecule has 0 saturated heterocycles. The lowest BCUT2D eigenvalue weighted by molar-refractivity contribution is -0.384. The first-order chi connectivity index (χ1) is 8.95. The largest absolute Gasteiger partial charge is 0.391 e. The summed E-state index contributed by atoms with van der Waals surface area (Å²) in [7, 11) is 0. The fourth-order valence-electron chi connectivity index (χ4n) is 1.54. The molecule has 7 heteroatoms. The van der Waals surface area contributed by atoms with E-state index in [9.17, 15) is 20.0 Å². The number of aliphatic hydroxyl groups is 1. The number of nitrogens with zero attached hydrogens (tertiary/aromatic N) is 1. The van der Waals surface area contributed by atoms with E-state index in [-0.39, 0.29) is 22.8 Å². The highest BCUT2D eigenvalue weighted by atomic mass is 35.5. The number of aliphatic hydroxyl groups excluding tert-OH is 1. The van der Waals surface area contributed by atoms with Crippen molar-refractivity contribution in [2.75, 3.05) is 6.54 Å². The third-order valence-electron chi connectivity index (χ3n) is 2.53. The number of rotatable bonds is 6. The summed E-state index contributed by atoms with van der Waals surface area (Å²) in [6.45, 7) is 2.05. The quantitative estimate of drug-likeness (QED) is 0.619. The van der Waals surface area contributed by atoms with Crippen molar-refractivity contribution >= 4 is 23.2 Å². The summed E-state index contributed by atoms with van der Waals surface area (Å²) in [5.41, 5.74) is -0.0245. The summed E-state index contributed by atoms with van der Waals surface area (Å²) >= 11 is 5.82. The maximum absolute atomic E-state index is 11.8. The molecule has 0 aliphatic carbocycles. The first kappa shape index (κ1) is 15.4. The van der Waals surface area contributed by atoms with Crippen molar-refractivity contribution in [2.45, 2.75) is 25.9 Å². The monoisotopic (exact) mass is 286 g/mol. The van der Waals surface area contributed by atoms with Gasteiger partial charge in [0, 0.05) is 18.7 Å². The van der Waals surface area contributed by atoms with Gasteiger partial charge in [-0.25, -0.2) is 0 Å². The highest BCUT2D eigenvalue weighted by Crippen LogP contribution is 2.22. The summed E-state index contributed by atoms with van der Waals surface area (Å²) in [5, 5.41) is 22.6. The Morgan fingerprint density at radius 3 is 2.79 bits per heavy atom. The zero-order valence-corrected chi connectivity index (χ0v) is 11.2. The summed E-state index contributed by atoms with van der Waals surface area (Å²) in [4.78, 5) is 21.7. The fourth-order valence-corrected chi connectivity index (χ4v) is 1.80. The van der Waals surface area contributed by atoms with Gasteiger partial charge < -0.3 is 10.4 Å². The molecule has 2 N–H and O–H groups in total. The number of amides is 1. The summed E-state index contributed by atoms with van der Waals surface area (Å²) < 4.78 is 0. The van der Waals surface area contributed by atoms with Gasteiger partial charge in [-0.3, -0.25) is 14.9 Å². The summed E-state index contributed by atoms with van der Waals surface area (Å²) in [6.07, 6.45) is 0.801. The van der Waals surface area contributed by atoms with Gasteiger partial charge in [-0.1, -0.05) is 24.9 Å². The molecular weight excluding hydrogens is 272 g/mol. The lowest BCUT2D eigenvalue weighted by Crippen LogP contribution is -2.32. The van der Waals surface area contributed by atoms with Gasteiger partial charge in [0.15, 0.2) is 0 Å². The fraction of sp³-hybridized carbons (Fsp3) is 0.417. The Bertz CT molecular complexity index is 479. The molecule has 19 heavy (non-hydrogen) atoms. The van der Waals surface area contributed by atoms with E-state index in [1.54, 1.807) is 0 Å². The maximum atomic E-state index is 11.8. The van der Waals surface area contributed by atoms with Crippen molar-refractivity contribution < 1.29 is 14.8 Å². The van der Waals surface area contributed by atoms with Crippen LogP contribution in [0.2, 0.25) is 5.02 Å². The Balaban J connectivity index is 2.70. The number of non-ortho nitro benzene ring substituents is 1. The van der Waals surface area contributed by atoms with Gasteiger partial charge >= 0.3 is 0 Å². The van der Waals surface area contributed by atoms with E-state index in [1.807, 2.05) is 6.92 Å². The van der Waals surface area contributed by atoms with E-state index >= 15 is 0 Å². The highest BCUT2D eigenvalue weighted by molar-refractivity contribution is 6.34. The molecule has 0 radical (unpaired) electrons. The molecule has 1 atom stereocenters. The average Bonchev–Trinajstić information content (AvgIpc) is 2.36. The zero-order valence-electron chi connectivity index (χ0n) is 10.4. The molecule has 0 bridgehead atoms. The number of hydrogen-bond acceptors (Lipinski definition) is 4. The standard InChI is InChI=1S/C12H15ClN2O4/c1-2-3-9(16)7-14-12(17)10-5-4-8(15(18)19)6-11(10)13/h4-6,9,16H,2-3,7H2,1H3,(H,14,17). The Kier molecular flexibility index (Phi) is 5.72. The molecule has 1 amide bonds. The summed E-state index contributed by atoms with van der Waals surface area (Å²) in [6, 6.07) is 3.63. The van der Waals surface area contributed by atoms with Crippen molar-refractivity contribution in [3.63, 3.8) is 0 Å². The lowest BCUT2D eigenvalue weighted by Gasteiger charge is -2.11. The molecule has 0 aromatic heterocycles. The molecule has 1 rings (SSSR count). The molecule has 6 nitrogen and oxygen atoms in total. The van der Waals surface area contributed by atoms with Crippen LogP contribution in [0.5, 0.6) is 0 Å². The van der Waals surface area contributed by atoms with Crippen LogP contribution in [0.25, 0.3) is 0 Å². The van der Waals surface area contributed by atoms with Gasteiger partial charge in [0.1, 0.15) is 0 Å². The molecule has 0 spiro atoms. The molecule has 0 aliphatic heterocycles. The van der Waals surface area contributed by atoms with Gasteiger partial charge in [0.25, 0.3) is 11.6 Å². The first-order valence-corrected chi connectivity index (χ1v) is 6.23. The van der Waals surface area contributed by atoms with E-state index in [2.05, 4.69) is 5.32 Å². The predicted molar refractivity (Wildman–Crippen MR) is 71.4 cm³/mol. The number of benzene rings is 1. The maximum Gasteiger partial charge on any atom is 0.270 e. The van der Waals surface area contributed by atoms with Gasteiger partial charge in [-0.2, -0.15) is 0 Å². The van der Waals surface area contributed by atoms with Crippen LogP contribution in [0.4, 0.5) is 5.69 Å². The molecule has 1 aromatic carbocycles. The van der Waals surface area contributed by atoms with E-state index in [0.29, 0.717) is 6.42 Å². The molecule has 1 aromatic rings. The van der Waals surface area contributed by atoms with E-state index in [1.165, 1.54) is 12.1 Å². The Morgan fingerprint density at radius 2 is 2.26 bits per heavy atom. The van der Waals surface area contributed by atoms with Crippen LogP contribution in [-0.4, -0.2) is 28.6 Å². The van der Waals surface area contributed by atoms with Crippen molar-refractivity contribution in [3.8, 4) is 0 Å². The molecule has 0 aliphatic rings. The number of nitro groups is 1. The number of nitro benzene ring substituents is 1. The number of carbonyl (C=O) groups excluding carboxylic acids is 1. The van der Waals surface area contributed by atoms with Crippen LogP contribution >= 0.6 is 11.6 Å². The third-order valence-corrected chi connectivity index (χ3v) is 2.84. The Labute approximate surface area is 115 Å². The second-order valence-electron chi connectivity index (χ2n) is 4.07. The minimum absolute atomic E-state index is 0.0108. The van der Waals surface area contributed by atoms with E-state index < -0.39 is 16.9 Å². The molecule has 0 heterocycles. The van der Waals surface area contributed by atoms with Crippen LogP contribution < -0.4 is 5.32 Å². The molecular formula is C12H15ClN2O4. The summed E-state index contributed by atoms with van der Waals surface area (Å²) in [5.74, 6) is -0.463. The topological polar surface area (TPSA) is 92.5 Å². The van der Waals surface area contributed by atoms with Crippen molar-refractivity contribution in [3.05, 3.63) is 38.9 Å². The lowest BCUT2D eigenvalue weighted by atomic mass is 10.1. The average molecular weight is 287 g/mol. The predicted octanol–water partition coefficient (Wildman–Crippen LogP) is 2.14. The van der Waals surface area contributed by atoms with Crippen molar-refractivity contribution in [2.24, 2.45) is 0 Å². The molecule has 0 saturated carbocycles. The van der Waals surface area contributed by atoms with Crippen LogP contribution in [0, 0.1) is 10.1 Å². The third kappa shape index (κ3) is 4.50. The number of halogens is 1. The molecule has 104 valence electrons.